The second-order valence-electron chi connectivity index (χ2n) is 3.21. The Bertz CT molecular complexity index is 618. The molecule has 5 heteroatoms. The lowest BCUT2D eigenvalue weighted by molar-refractivity contribution is 0.0959. The van der Waals surface area contributed by atoms with E-state index in [0.29, 0.717) is 5.39 Å². The average molecular weight is 221 g/mol. The highest BCUT2D eigenvalue weighted by molar-refractivity contribution is 5.96. The molecule has 0 aliphatic carbocycles. The first-order valence-electron chi connectivity index (χ1n) is 4.57. The largest absolute Gasteiger partial charge is 0.422 e. The molecule has 2 rings (SSSR count). The van der Waals surface area contributed by atoms with Crippen LogP contribution in [0.15, 0.2) is 33.5 Å². The van der Waals surface area contributed by atoms with Crippen LogP contribution in [0.3, 0.4) is 0 Å². The number of carbonyl (C=O) groups excluding carboxylic acids is 1. The number of nitrogens with one attached hydrogen (secondary N) is 1. The van der Waals surface area contributed by atoms with Gasteiger partial charge < -0.3 is 9.73 Å². The smallest absolute Gasteiger partial charge is 0.349 e. The highest BCUT2D eigenvalue weighted by atomic mass is 19.1. The molecule has 1 amide bonds. The predicted molar refractivity (Wildman–Crippen MR) is 55.8 cm³/mol. The van der Waals surface area contributed by atoms with Gasteiger partial charge in [0.15, 0.2) is 0 Å². The standard InChI is InChI=1S/C11H8FNO3/c1-13-10(14)8-5-6-4-7(12)2-3-9(6)16-11(8)15/h2-5H,1H3,(H,13,14). The lowest BCUT2D eigenvalue weighted by Gasteiger charge is -2.00. The van der Waals surface area contributed by atoms with Gasteiger partial charge >= 0.3 is 5.63 Å². The quantitative estimate of drug-likeness (QED) is 0.738. The Hall–Kier alpha value is -2.17. The maximum atomic E-state index is 12.9. The fraction of sp³-hybridized carbons (Fsp3) is 0.0909. The van der Waals surface area contributed by atoms with Gasteiger partial charge in [-0.2, -0.15) is 0 Å². The molecule has 4 nitrogen and oxygen atoms in total. The molecular weight excluding hydrogens is 213 g/mol. The van der Waals surface area contributed by atoms with Crippen LogP contribution in [0.1, 0.15) is 10.4 Å². The summed E-state index contributed by atoms with van der Waals surface area (Å²) in [7, 11) is 1.40. The number of halogens is 1. The SMILES string of the molecule is CNC(=O)c1cc2cc(F)ccc2oc1=O. The molecule has 1 heterocycles. The van der Waals surface area contributed by atoms with E-state index >= 15 is 0 Å². The Morgan fingerprint density at radius 1 is 1.38 bits per heavy atom. The summed E-state index contributed by atoms with van der Waals surface area (Å²) >= 11 is 0. The third-order valence-corrected chi connectivity index (χ3v) is 2.17. The van der Waals surface area contributed by atoms with Crippen molar-refractivity contribution in [1.82, 2.24) is 5.32 Å². The van der Waals surface area contributed by atoms with Crippen LogP contribution in [-0.4, -0.2) is 13.0 Å². The Balaban J connectivity index is 2.74. The zero-order valence-corrected chi connectivity index (χ0v) is 8.41. The maximum Gasteiger partial charge on any atom is 0.349 e. The molecule has 0 saturated carbocycles. The fourth-order valence-electron chi connectivity index (χ4n) is 1.39. The zero-order chi connectivity index (χ0) is 11.7. The molecule has 2 aromatic rings. The Labute approximate surface area is 89.7 Å². The zero-order valence-electron chi connectivity index (χ0n) is 8.41. The van der Waals surface area contributed by atoms with Crippen LogP contribution in [0.25, 0.3) is 11.0 Å². The molecule has 1 aromatic heterocycles. The van der Waals surface area contributed by atoms with Crippen molar-refractivity contribution in [3.05, 3.63) is 46.1 Å². The summed E-state index contributed by atoms with van der Waals surface area (Å²) in [5, 5.41) is 2.68. The third kappa shape index (κ3) is 1.67. The molecule has 0 saturated heterocycles. The third-order valence-electron chi connectivity index (χ3n) is 2.17. The van der Waals surface area contributed by atoms with E-state index in [4.69, 9.17) is 4.42 Å². The van der Waals surface area contributed by atoms with Crippen molar-refractivity contribution < 1.29 is 13.6 Å². The highest BCUT2D eigenvalue weighted by Crippen LogP contribution is 2.14. The number of fused-ring (bicyclic) bond motifs is 1. The van der Waals surface area contributed by atoms with Crippen molar-refractivity contribution in [3.8, 4) is 0 Å². The van der Waals surface area contributed by atoms with Crippen molar-refractivity contribution in [3.63, 3.8) is 0 Å². The van der Waals surface area contributed by atoms with Gasteiger partial charge in [-0.25, -0.2) is 9.18 Å². The lowest BCUT2D eigenvalue weighted by atomic mass is 10.2. The minimum Gasteiger partial charge on any atom is -0.422 e. The molecule has 0 atom stereocenters. The first-order valence-corrected chi connectivity index (χ1v) is 4.57. The van der Waals surface area contributed by atoms with E-state index in [9.17, 15) is 14.0 Å². The Kier molecular flexibility index (Phi) is 2.44. The normalized spacial score (nSPS) is 10.4. The first kappa shape index (κ1) is 10.4. The second-order valence-corrected chi connectivity index (χ2v) is 3.21. The van der Waals surface area contributed by atoms with E-state index in [1.807, 2.05) is 0 Å². The lowest BCUT2D eigenvalue weighted by Crippen LogP contribution is -2.24. The summed E-state index contributed by atoms with van der Waals surface area (Å²) in [6, 6.07) is 5.04. The minimum absolute atomic E-state index is 0.138. The van der Waals surface area contributed by atoms with E-state index in [1.54, 1.807) is 0 Å². The minimum atomic E-state index is -0.738. The number of amides is 1. The summed E-state index contributed by atoms with van der Waals surface area (Å²) in [6.45, 7) is 0. The van der Waals surface area contributed by atoms with Gasteiger partial charge in [0.05, 0.1) is 0 Å². The van der Waals surface area contributed by atoms with E-state index in [0.717, 1.165) is 0 Å². The summed E-state index contributed by atoms with van der Waals surface area (Å²) in [4.78, 5) is 22.7. The van der Waals surface area contributed by atoms with Crippen LogP contribution in [0.5, 0.6) is 0 Å². The van der Waals surface area contributed by atoms with E-state index < -0.39 is 17.3 Å². The van der Waals surface area contributed by atoms with E-state index in [2.05, 4.69) is 5.32 Å². The van der Waals surface area contributed by atoms with Gasteiger partial charge in [0.1, 0.15) is 17.0 Å². The highest BCUT2D eigenvalue weighted by Gasteiger charge is 2.12. The number of rotatable bonds is 1. The predicted octanol–water partition coefficient (Wildman–Crippen LogP) is 1.29. The van der Waals surface area contributed by atoms with Crippen LogP contribution in [0.2, 0.25) is 0 Å². The summed E-state index contributed by atoms with van der Waals surface area (Å²) in [5.41, 5.74) is -0.627. The van der Waals surface area contributed by atoms with E-state index in [1.165, 1.54) is 31.3 Å². The van der Waals surface area contributed by atoms with Crippen molar-refractivity contribution in [2.24, 2.45) is 0 Å². The molecule has 1 aromatic carbocycles. The van der Waals surface area contributed by atoms with Crippen molar-refractivity contribution >= 4 is 16.9 Å². The number of benzene rings is 1. The van der Waals surface area contributed by atoms with Gasteiger partial charge in [-0.3, -0.25) is 4.79 Å². The molecule has 0 aliphatic rings. The summed E-state index contributed by atoms with van der Waals surface area (Å²) in [5.74, 6) is -1.01. The Morgan fingerprint density at radius 2 is 2.12 bits per heavy atom. The topological polar surface area (TPSA) is 59.3 Å². The van der Waals surface area contributed by atoms with Gasteiger partial charge in [0, 0.05) is 12.4 Å². The molecule has 0 unspecified atom stereocenters. The fourth-order valence-corrected chi connectivity index (χ4v) is 1.39. The van der Waals surface area contributed by atoms with Crippen LogP contribution < -0.4 is 10.9 Å². The van der Waals surface area contributed by atoms with Crippen LogP contribution in [0, 0.1) is 5.82 Å². The van der Waals surface area contributed by atoms with Crippen molar-refractivity contribution in [2.45, 2.75) is 0 Å². The second kappa shape index (κ2) is 3.77. The van der Waals surface area contributed by atoms with Crippen molar-refractivity contribution in [2.75, 3.05) is 7.05 Å². The number of hydrogen-bond acceptors (Lipinski definition) is 3. The first-order chi connectivity index (χ1) is 7.61. The molecule has 0 spiro atoms. The number of carbonyl (C=O) groups is 1. The van der Waals surface area contributed by atoms with Gasteiger partial charge in [0.25, 0.3) is 5.91 Å². The molecule has 16 heavy (non-hydrogen) atoms. The molecule has 0 aliphatic heterocycles. The molecule has 0 bridgehead atoms. The average Bonchev–Trinajstić information content (AvgIpc) is 2.28. The van der Waals surface area contributed by atoms with Crippen molar-refractivity contribution in [1.29, 1.82) is 0 Å². The maximum absolute atomic E-state index is 12.9. The van der Waals surface area contributed by atoms with Crippen LogP contribution in [-0.2, 0) is 0 Å². The van der Waals surface area contributed by atoms with Gasteiger partial charge in [-0.05, 0) is 24.3 Å². The number of hydrogen-bond donors (Lipinski definition) is 1. The van der Waals surface area contributed by atoms with Crippen LogP contribution in [0.4, 0.5) is 4.39 Å². The molecule has 0 fully saturated rings. The summed E-state index contributed by atoms with van der Waals surface area (Å²) in [6.07, 6.45) is 0. The molecule has 0 radical (unpaired) electrons. The van der Waals surface area contributed by atoms with Crippen LogP contribution >= 0.6 is 0 Å². The van der Waals surface area contributed by atoms with E-state index in [-0.39, 0.29) is 11.1 Å². The van der Waals surface area contributed by atoms with Gasteiger partial charge in [0.2, 0.25) is 0 Å². The molecule has 1 N–H and O–H groups in total. The summed E-state index contributed by atoms with van der Waals surface area (Å²) < 4.78 is 17.8. The Morgan fingerprint density at radius 3 is 2.81 bits per heavy atom. The monoisotopic (exact) mass is 221 g/mol. The molecule has 82 valence electrons. The van der Waals surface area contributed by atoms with Gasteiger partial charge in [-0.1, -0.05) is 0 Å². The molecular formula is C11H8FNO3. The van der Waals surface area contributed by atoms with Gasteiger partial charge in [-0.15, -0.1) is 0 Å².